The molecule has 0 aliphatic heterocycles. The van der Waals surface area contributed by atoms with Crippen molar-refractivity contribution < 1.29 is 4.79 Å². The lowest BCUT2D eigenvalue weighted by molar-refractivity contribution is -0.116. The summed E-state index contributed by atoms with van der Waals surface area (Å²) in [5.41, 5.74) is 2.19. The maximum absolute atomic E-state index is 10.9. The van der Waals surface area contributed by atoms with E-state index >= 15 is 0 Å². The molecule has 1 aromatic carbocycles. The molecule has 4 nitrogen and oxygen atoms in total. The molecule has 16 heavy (non-hydrogen) atoms. The van der Waals surface area contributed by atoms with E-state index in [4.69, 9.17) is 0 Å². The average Bonchev–Trinajstić information content (AvgIpc) is 2.76. The van der Waals surface area contributed by atoms with E-state index in [-0.39, 0.29) is 5.91 Å². The summed E-state index contributed by atoms with van der Waals surface area (Å²) >= 11 is 0. The summed E-state index contributed by atoms with van der Waals surface area (Å²) in [5, 5.41) is 10.7. The fourth-order valence-corrected chi connectivity index (χ4v) is 1.54. The zero-order chi connectivity index (χ0) is 11.4. The molecule has 82 valence electrons. The van der Waals surface area contributed by atoms with Gasteiger partial charge in [-0.1, -0.05) is 18.7 Å². The Morgan fingerprint density at radius 3 is 3.25 bits per heavy atom. The van der Waals surface area contributed by atoms with Crippen LogP contribution in [-0.2, 0) is 11.2 Å². The molecule has 0 aliphatic carbocycles. The molecule has 0 fully saturated rings. The van der Waals surface area contributed by atoms with Crippen LogP contribution in [0.1, 0.15) is 5.56 Å². The van der Waals surface area contributed by atoms with Crippen LogP contribution in [0, 0.1) is 0 Å². The number of aromatic nitrogens is 2. The van der Waals surface area contributed by atoms with Gasteiger partial charge in [-0.25, -0.2) is 0 Å². The summed E-state index contributed by atoms with van der Waals surface area (Å²) in [7, 11) is 0. The molecule has 1 aromatic heterocycles. The third-order valence-corrected chi connectivity index (χ3v) is 2.40. The third-order valence-electron chi connectivity index (χ3n) is 2.40. The van der Waals surface area contributed by atoms with E-state index in [9.17, 15) is 4.79 Å². The van der Waals surface area contributed by atoms with Crippen molar-refractivity contribution in [1.29, 1.82) is 0 Å². The van der Waals surface area contributed by atoms with Gasteiger partial charge >= 0.3 is 0 Å². The Balaban J connectivity index is 1.98. The Kier molecular flexibility index (Phi) is 3.00. The fraction of sp³-hybridized carbons (Fsp3) is 0.167. The number of amides is 1. The number of H-pyrrole nitrogens is 1. The molecule has 2 N–H and O–H groups in total. The van der Waals surface area contributed by atoms with Crippen molar-refractivity contribution in [2.75, 3.05) is 6.54 Å². The molecule has 0 saturated carbocycles. The van der Waals surface area contributed by atoms with Crippen LogP contribution >= 0.6 is 0 Å². The first-order valence-corrected chi connectivity index (χ1v) is 5.12. The number of benzene rings is 1. The highest BCUT2D eigenvalue weighted by Gasteiger charge is 1.99. The van der Waals surface area contributed by atoms with Crippen LogP contribution in [0.15, 0.2) is 37.1 Å². The van der Waals surface area contributed by atoms with Crippen molar-refractivity contribution in [1.82, 2.24) is 15.5 Å². The Morgan fingerprint density at radius 1 is 1.56 bits per heavy atom. The second-order valence-electron chi connectivity index (χ2n) is 3.54. The highest BCUT2D eigenvalue weighted by Crippen LogP contribution is 2.12. The van der Waals surface area contributed by atoms with Crippen molar-refractivity contribution in [2.24, 2.45) is 0 Å². The predicted octanol–water partition coefficient (Wildman–Crippen LogP) is 1.41. The lowest BCUT2D eigenvalue weighted by Crippen LogP contribution is -2.23. The lowest BCUT2D eigenvalue weighted by atomic mass is 10.1. The fourth-order valence-electron chi connectivity index (χ4n) is 1.54. The summed E-state index contributed by atoms with van der Waals surface area (Å²) < 4.78 is 0. The molecule has 1 heterocycles. The largest absolute Gasteiger partial charge is 0.352 e. The van der Waals surface area contributed by atoms with Crippen LogP contribution < -0.4 is 5.32 Å². The molecule has 2 aromatic rings. The Labute approximate surface area is 93.4 Å². The van der Waals surface area contributed by atoms with Crippen molar-refractivity contribution in [3.63, 3.8) is 0 Å². The summed E-state index contributed by atoms with van der Waals surface area (Å²) in [6.45, 7) is 4.01. The van der Waals surface area contributed by atoms with Crippen molar-refractivity contribution >= 4 is 16.8 Å². The highest BCUT2D eigenvalue weighted by molar-refractivity contribution is 5.86. The van der Waals surface area contributed by atoms with Gasteiger partial charge in [-0.15, -0.1) is 0 Å². The van der Waals surface area contributed by atoms with Crippen LogP contribution in [0.4, 0.5) is 0 Å². The molecule has 2 rings (SSSR count). The Morgan fingerprint density at radius 2 is 2.44 bits per heavy atom. The van der Waals surface area contributed by atoms with E-state index in [1.807, 2.05) is 18.2 Å². The number of aromatic amines is 1. The second kappa shape index (κ2) is 4.61. The van der Waals surface area contributed by atoms with Crippen LogP contribution in [0.25, 0.3) is 10.9 Å². The molecular formula is C12H13N3O. The second-order valence-corrected chi connectivity index (χ2v) is 3.54. The van der Waals surface area contributed by atoms with Crippen molar-refractivity contribution in [2.45, 2.75) is 6.42 Å². The molecule has 4 heteroatoms. The monoisotopic (exact) mass is 215 g/mol. The smallest absolute Gasteiger partial charge is 0.243 e. The van der Waals surface area contributed by atoms with Gasteiger partial charge in [-0.3, -0.25) is 9.89 Å². The molecule has 0 unspecified atom stereocenters. The van der Waals surface area contributed by atoms with Crippen LogP contribution in [0.5, 0.6) is 0 Å². The normalized spacial score (nSPS) is 10.2. The minimum Gasteiger partial charge on any atom is -0.352 e. The van der Waals surface area contributed by atoms with Gasteiger partial charge in [-0.2, -0.15) is 5.10 Å². The standard InChI is InChI=1S/C12H13N3O/c1-2-12(16)13-6-5-9-3-4-10-8-14-15-11(10)7-9/h2-4,7-8H,1,5-6H2,(H,13,16)(H,14,15). The number of fused-ring (bicyclic) bond motifs is 1. The van der Waals surface area contributed by atoms with E-state index < -0.39 is 0 Å². The topological polar surface area (TPSA) is 57.8 Å². The van der Waals surface area contributed by atoms with Gasteiger partial charge < -0.3 is 5.32 Å². The first-order chi connectivity index (χ1) is 7.79. The van der Waals surface area contributed by atoms with Gasteiger partial charge in [0.2, 0.25) is 5.91 Å². The summed E-state index contributed by atoms with van der Waals surface area (Å²) in [4.78, 5) is 10.9. The van der Waals surface area contributed by atoms with Gasteiger partial charge in [0.15, 0.2) is 0 Å². The number of nitrogens with zero attached hydrogens (tertiary/aromatic N) is 1. The van der Waals surface area contributed by atoms with E-state index in [2.05, 4.69) is 22.1 Å². The van der Waals surface area contributed by atoms with E-state index in [1.54, 1.807) is 6.20 Å². The van der Waals surface area contributed by atoms with Gasteiger partial charge in [0.25, 0.3) is 0 Å². The van der Waals surface area contributed by atoms with E-state index in [0.717, 1.165) is 17.3 Å². The minimum absolute atomic E-state index is 0.136. The summed E-state index contributed by atoms with van der Waals surface area (Å²) in [5.74, 6) is -0.136. The Hall–Kier alpha value is -2.10. The zero-order valence-corrected chi connectivity index (χ0v) is 8.86. The molecule has 0 bridgehead atoms. The number of hydrogen-bond donors (Lipinski definition) is 2. The van der Waals surface area contributed by atoms with Gasteiger partial charge in [-0.05, 0) is 24.1 Å². The average molecular weight is 215 g/mol. The maximum Gasteiger partial charge on any atom is 0.243 e. The number of hydrogen-bond acceptors (Lipinski definition) is 2. The molecular weight excluding hydrogens is 202 g/mol. The zero-order valence-electron chi connectivity index (χ0n) is 8.86. The molecule has 0 saturated heterocycles. The lowest BCUT2D eigenvalue weighted by Gasteiger charge is -2.02. The first-order valence-electron chi connectivity index (χ1n) is 5.12. The molecule has 0 atom stereocenters. The first kappa shape index (κ1) is 10.4. The third kappa shape index (κ3) is 2.28. The molecule has 0 aliphatic rings. The Bertz CT molecular complexity index is 516. The highest BCUT2D eigenvalue weighted by atomic mass is 16.1. The minimum atomic E-state index is -0.136. The van der Waals surface area contributed by atoms with Crippen molar-refractivity contribution in [3.05, 3.63) is 42.6 Å². The van der Waals surface area contributed by atoms with E-state index in [0.29, 0.717) is 6.54 Å². The number of nitrogens with one attached hydrogen (secondary N) is 2. The molecule has 0 spiro atoms. The predicted molar refractivity (Wildman–Crippen MR) is 63.0 cm³/mol. The van der Waals surface area contributed by atoms with Crippen LogP contribution in [0.3, 0.4) is 0 Å². The van der Waals surface area contributed by atoms with E-state index in [1.165, 1.54) is 11.6 Å². The van der Waals surface area contributed by atoms with Crippen LogP contribution in [-0.4, -0.2) is 22.6 Å². The summed E-state index contributed by atoms with van der Waals surface area (Å²) in [6, 6.07) is 6.10. The van der Waals surface area contributed by atoms with Gasteiger partial charge in [0.05, 0.1) is 11.7 Å². The number of carbonyl (C=O) groups is 1. The van der Waals surface area contributed by atoms with Gasteiger partial charge in [0.1, 0.15) is 0 Å². The SMILES string of the molecule is C=CC(=O)NCCc1ccc2cn[nH]c2c1. The summed E-state index contributed by atoms with van der Waals surface area (Å²) in [6.07, 6.45) is 3.87. The number of carbonyl (C=O) groups excluding carboxylic acids is 1. The van der Waals surface area contributed by atoms with Crippen molar-refractivity contribution in [3.8, 4) is 0 Å². The molecule has 1 amide bonds. The van der Waals surface area contributed by atoms with Crippen LogP contribution in [0.2, 0.25) is 0 Å². The quantitative estimate of drug-likeness (QED) is 0.757. The van der Waals surface area contributed by atoms with Gasteiger partial charge in [0, 0.05) is 11.9 Å². The maximum atomic E-state index is 10.9. The molecule has 0 radical (unpaired) electrons. The number of rotatable bonds is 4.